The molecule has 1 aromatic heterocycles. The van der Waals surface area contributed by atoms with Crippen LogP contribution in [0.5, 0.6) is 11.5 Å². The van der Waals surface area contributed by atoms with Gasteiger partial charge in [0.25, 0.3) is 0 Å². The van der Waals surface area contributed by atoms with Crippen molar-refractivity contribution in [2.45, 2.75) is 26.5 Å². The number of nitrogens with zero attached hydrogens (tertiary/aromatic N) is 4. The Bertz CT molecular complexity index is 1090. The number of rotatable bonds is 6. The van der Waals surface area contributed by atoms with Gasteiger partial charge in [-0.2, -0.15) is 4.68 Å². The van der Waals surface area contributed by atoms with Gasteiger partial charge in [-0.25, -0.2) is 4.79 Å². The van der Waals surface area contributed by atoms with Gasteiger partial charge < -0.3 is 19.9 Å². The second-order valence-corrected chi connectivity index (χ2v) is 6.74. The predicted molar refractivity (Wildman–Crippen MR) is 108 cm³/mol. The lowest BCUT2D eigenvalue weighted by Gasteiger charge is -2.27. The molecule has 0 spiro atoms. The molecule has 30 heavy (non-hydrogen) atoms. The summed E-state index contributed by atoms with van der Waals surface area (Å²) in [5, 5.41) is 24.8. The number of phenols is 1. The lowest BCUT2D eigenvalue weighted by molar-refractivity contribution is -0.140. The predicted octanol–water partition coefficient (Wildman–Crippen LogP) is 2.81. The Morgan fingerprint density at radius 1 is 1.23 bits per heavy atom. The number of carbonyl (C=O) groups excluding carboxylic acids is 1. The second-order valence-electron chi connectivity index (χ2n) is 6.74. The highest BCUT2D eigenvalue weighted by Crippen LogP contribution is 2.38. The topological polar surface area (TPSA) is 111 Å². The molecule has 3 aromatic rings. The van der Waals surface area contributed by atoms with Crippen molar-refractivity contribution in [2.75, 3.05) is 11.9 Å². The van der Waals surface area contributed by atoms with E-state index in [2.05, 4.69) is 20.8 Å². The summed E-state index contributed by atoms with van der Waals surface area (Å²) in [7, 11) is 0. The number of ether oxygens (including phenoxy) is 2. The number of anilines is 1. The van der Waals surface area contributed by atoms with Gasteiger partial charge in [0, 0.05) is 5.70 Å². The minimum Gasteiger partial charge on any atom is -0.504 e. The van der Waals surface area contributed by atoms with E-state index in [9.17, 15) is 9.90 Å². The van der Waals surface area contributed by atoms with Gasteiger partial charge in [0.05, 0.1) is 12.2 Å². The van der Waals surface area contributed by atoms with Crippen LogP contribution in [0.3, 0.4) is 0 Å². The fourth-order valence-electron chi connectivity index (χ4n) is 3.36. The van der Waals surface area contributed by atoms with Crippen LogP contribution in [0, 0.1) is 0 Å². The molecule has 0 fully saturated rings. The summed E-state index contributed by atoms with van der Waals surface area (Å²) >= 11 is 0. The molecule has 9 nitrogen and oxygen atoms in total. The maximum Gasteiger partial charge on any atom is 0.338 e. The van der Waals surface area contributed by atoms with E-state index in [1.807, 2.05) is 37.3 Å². The van der Waals surface area contributed by atoms with Crippen molar-refractivity contribution in [2.24, 2.45) is 0 Å². The van der Waals surface area contributed by atoms with E-state index in [1.54, 1.807) is 19.1 Å². The van der Waals surface area contributed by atoms with Crippen molar-refractivity contribution in [3.8, 4) is 11.5 Å². The molecule has 9 heteroatoms. The molecule has 2 aromatic carbocycles. The summed E-state index contributed by atoms with van der Waals surface area (Å²) in [6, 6.07) is 13.7. The number of hydrogen-bond donors (Lipinski definition) is 2. The Kier molecular flexibility index (Phi) is 5.34. The SMILES string of the molecule is CCOc1cc(C2C(C(=O)OCc3ccccc3)=C(C)Nc3nnnn32)ccc1O. The van der Waals surface area contributed by atoms with Crippen molar-refractivity contribution in [3.63, 3.8) is 0 Å². The number of fused-ring (bicyclic) bond motifs is 1. The number of tetrazole rings is 1. The Hall–Kier alpha value is -3.88. The number of carbonyl (C=O) groups is 1. The lowest BCUT2D eigenvalue weighted by atomic mass is 9.95. The van der Waals surface area contributed by atoms with E-state index in [0.717, 1.165) is 5.56 Å². The molecule has 154 valence electrons. The van der Waals surface area contributed by atoms with E-state index in [0.29, 0.717) is 35.1 Å². The second kappa shape index (κ2) is 8.24. The highest BCUT2D eigenvalue weighted by Gasteiger charge is 2.35. The van der Waals surface area contributed by atoms with Crippen LogP contribution in [0.1, 0.15) is 31.0 Å². The van der Waals surface area contributed by atoms with Crippen LogP contribution in [-0.2, 0) is 16.1 Å². The monoisotopic (exact) mass is 407 g/mol. The summed E-state index contributed by atoms with van der Waals surface area (Å²) in [5.41, 5.74) is 2.53. The molecule has 0 aliphatic carbocycles. The Balaban J connectivity index is 1.70. The van der Waals surface area contributed by atoms with Crippen LogP contribution >= 0.6 is 0 Å². The first-order valence-corrected chi connectivity index (χ1v) is 9.51. The molecular weight excluding hydrogens is 386 g/mol. The van der Waals surface area contributed by atoms with Crippen LogP contribution in [0.25, 0.3) is 0 Å². The summed E-state index contributed by atoms with van der Waals surface area (Å²) < 4.78 is 12.6. The first-order chi connectivity index (χ1) is 14.6. The maximum absolute atomic E-state index is 13.1. The van der Waals surface area contributed by atoms with Gasteiger partial charge in [-0.1, -0.05) is 41.5 Å². The standard InChI is InChI=1S/C21H21N5O4/c1-3-29-17-11-15(9-10-16(17)27)19-18(13(2)22-21-23-24-25-26(19)21)20(28)30-12-14-7-5-4-6-8-14/h4-11,19,27H,3,12H2,1-2H3,(H,22,23,25). The third kappa shape index (κ3) is 3.69. The molecule has 0 radical (unpaired) electrons. The summed E-state index contributed by atoms with van der Waals surface area (Å²) in [6.07, 6.45) is 0. The zero-order valence-electron chi connectivity index (χ0n) is 16.6. The first-order valence-electron chi connectivity index (χ1n) is 9.51. The Morgan fingerprint density at radius 3 is 2.80 bits per heavy atom. The molecule has 0 saturated carbocycles. The molecule has 2 N–H and O–H groups in total. The van der Waals surface area contributed by atoms with E-state index in [4.69, 9.17) is 9.47 Å². The molecule has 4 rings (SSSR count). The van der Waals surface area contributed by atoms with Crippen LogP contribution in [0.4, 0.5) is 5.95 Å². The van der Waals surface area contributed by atoms with Gasteiger partial charge in [-0.05, 0) is 47.5 Å². The average Bonchev–Trinajstić information content (AvgIpc) is 3.21. The molecule has 0 amide bonds. The summed E-state index contributed by atoms with van der Waals surface area (Å²) in [4.78, 5) is 13.1. The van der Waals surface area contributed by atoms with Crippen LogP contribution in [0.2, 0.25) is 0 Å². The fourth-order valence-corrected chi connectivity index (χ4v) is 3.36. The maximum atomic E-state index is 13.1. The number of nitrogens with one attached hydrogen (secondary N) is 1. The largest absolute Gasteiger partial charge is 0.504 e. The fraction of sp³-hybridized carbons (Fsp3) is 0.238. The van der Waals surface area contributed by atoms with Crippen molar-refractivity contribution in [3.05, 3.63) is 70.9 Å². The van der Waals surface area contributed by atoms with Crippen LogP contribution in [0.15, 0.2) is 59.8 Å². The Labute approximate surface area is 172 Å². The molecule has 0 bridgehead atoms. The quantitative estimate of drug-likeness (QED) is 0.600. The normalized spacial score (nSPS) is 15.3. The van der Waals surface area contributed by atoms with Crippen molar-refractivity contribution in [1.82, 2.24) is 20.2 Å². The van der Waals surface area contributed by atoms with Gasteiger partial charge in [-0.3, -0.25) is 0 Å². The van der Waals surface area contributed by atoms with Gasteiger partial charge in [-0.15, -0.1) is 0 Å². The number of aromatic hydroxyl groups is 1. The van der Waals surface area contributed by atoms with Crippen molar-refractivity contribution in [1.29, 1.82) is 0 Å². The van der Waals surface area contributed by atoms with Gasteiger partial charge in [0.1, 0.15) is 12.6 Å². The first kappa shape index (κ1) is 19.4. The van der Waals surface area contributed by atoms with Gasteiger partial charge in [0.15, 0.2) is 11.5 Å². The minimum atomic E-state index is -0.640. The van der Waals surface area contributed by atoms with Crippen LogP contribution in [-0.4, -0.2) is 37.9 Å². The molecule has 1 aliphatic rings. The number of allylic oxidation sites excluding steroid dienone is 1. The highest BCUT2D eigenvalue weighted by atomic mass is 16.5. The minimum absolute atomic E-state index is 0.0142. The molecular formula is C21H21N5O4. The van der Waals surface area contributed by atoms with E-state index in [-0.39, 0.29) is 12.4 Å². The summed E-state index contributed by atoms with van der Waals surface area (Å²) in [5.74, 6) is 0.252. The third-order valence-electron chi connectivity index (χ3n) is 4.75. The molecule has 0 saturated heterocycles. The van der Waals surface area contributed by atoms with E-state index < -0.39 is 12.0 Å². The molecule has 1 atom stereocenters. The summed E-state index contributed by atoms with van der Waals surface area (Å²) in [6.45, 7) is 4.13. The number of esters is 1. The Morgan fingerprint density at radius 2 is 2.03 bits per heavy atom. The lowest BCUT2D eigenvalue weighted by Crippen LogP contribution is -2.29. The number of phenolic OH excluding ortho intramolecular Hbond substituents is 1. The average molecular weight is 407 g/mol. The number of aromatic nitrogens is 4. The van der Waals surface area contributed by atoms with E-state index >= 15 is 0 Å². The van der Waals surface area contributed by atoms with E-state index in [1.165, 1.54) is 10.7 Å². The highest BCUT2D eigenvalue weighted by molar-refractivity contribution is 5.92. The number of benzene rings is 2. The zero-order chi connectivity index (χ0) is 21.1. The molecule has 1 aliphatic heterocycles. The van der Waals surface area contributed by atoms with Crippen LogP contribution < -0.4 is 10.1 Å². The molecule has 1 unspecified atom stereocenters. The van der Waals surface area contributed by atoms with Crippen molar-refractivity contribution >= 4 is 11.9 Å². The zero-order valence-corrected chi connectivity index (χ0v) is 16.6. The number of hydrogen-bond acceptors (Lipinski definition) is 8. The van der Waals surface area contributed by atoms with Crippen molar-refractivity contribution < 1.29 is 19.4 Å². The van der Waals surface area contributed by atoms with Gasteiger partial charge >= 0.3 is 5.97 Å². The van der Waals surface area contributed by atoms with Gasteiger partial charge in [0.2, 0.25) is 5.95 Å². The third-order valence-corrected chi connectivity index (χ3v) is 4.75. The smallest absolute Gasteiger partial charge is 0.338 e. The molecule has 2 heterocycles.